The summed E-state index contributed by atoms with van der Waals surface area (Å²) in [5.74, 6) is 0. The number of hydrogen-bond acceptors (Lipinski definition) is 2. The Morgan fingerprint density at radius 1 is 1.33 bits per heavy atom. The zero-order chi connectivity index (χ0) is 8.44. The third kappa shape index (κ3) is 1.79. The molecule has 0 aromatic carbocycles. The topological polar surface area (TPSA) is 18.5 Å². The first-order chi connectivity index (χ1) is 5.79. The highest BCUT2D eigenvalue weighted by molar-refractivity contribution is 4.62. The van der Waals surface area contributed by atoms with Crippen LogP contribution in [-0.2, 0) is 9.47 Å². The molecule has 12 heavy (non-hydrogen) atoms. The van der Waals surface area contributed by atoms with E-state index in [2.05, 4.69) is 7.05 Å². The first kappa shape index (κ1) is 8.48. The summed E-state index contributed by atoms with van der Waals surface area (Å²) < 4.78 is 11.8. The Balaban J connectivity index is 1.83. The summed E-state index contributed by atoms with van der Waals surface area (Å²) in [7, 11) is 2.33. The summed E-state index contributed by atoms with van der Waals surface area (Å²) in [5, 5.41) is 0. The van der Waals surface area contributed by atoms with Gasteiger partial charge in [0.1, 0.15) is 19.4 Å². The number of likely N-dealkylation sites (N-methyl/N-ethyl adjacent to an activating group) is 1. The lowest BCUT2D eigenvalue weighted by atomic mass is 10.3. The van der Waals surface area contributed by atoms with Crippen LogP contribution in [0.25, 0.3) is 0 Å². The summed E-state index contributed by atoms with van der Waals surface area (Å²) in [4.78, 5) is 0. The predicted molar refractivity (Wildman–Crippen MR) is 45.7 cm³/mol. The predicted octanol–water partition coefficient (Wildman–Crippen LogP) is 0.600. The van der Waals surface area contributed by atoms with Gasteiger partial charge in [0, 0.05) is 12.8 Å². The molecule has 2 aliphatic rings. The van der Waals surface area contributed by atoms with Gasteiger partial charge < -0.3 is 14.0 Å². The molecule has 0 aromatic rings. The van der Waals surface area contributed by atoms with Gasteiger partial charge in [0.15, 0.2) is 0 Å². The first-order valence-electron chi connectivity index (χ1n) is 4.81. The molecule has 0 radical (unpaired) electrons. The summed E-state index contributed by atoms with van der Waals surface area (Å²) in [6.07, 6.45) is 3.11. The van der Waals surface area contributed by atoms with E-state index in [1.54, 1.807) is 0 Å². The Hall–Kier alpha value is -0.120. The van der Waals surface area contributed by atoms with E-state index in [0.29, 0.717) is 12.9 Å². The van der Waals surface area contributed by atoms with Crippen LogP contribution in [0.2, 0.25) is 0 Å². The Morgan fingerprint density at radius 2 is 2.08 bits per heavy atom. The SMILES string of the molecule is C[N+]1(CC2COCO2)CCCC1. The first-order valence-corrected chi connectivity index (χ1v) is 4.81. The Kier molecular flexibility index (Phi) is 2.35. The van der Waals surface area contributed by atoms with E-state index in [-0.39, 0.29) is 0 Å². The molecule has 0 spiro atoms. The van der Waals surface area contributed by atoms with E-state index in [1.165, 1.54) is 30.4 Å². The molecule has 0 amide bonds. The minimum absolute atomic E-state index is 0.355. The van der Waals surface area contributed by atoms with Crippen molar-refractivity contribution < 1.29 is 14.0 Å². The number of nitrogens with zero attached hydrogens (tertiary/aromatic N) is 1. The summed E-state index contributed by atoms with van der Waals surface area (Å²) in [6.45, 7) is 5.08. The van der Waals surface area contributed by atoms with Crippen LogP contribution in [0.3, 0.4) is 0 Å². The fourth-order valence-corrected chi connectivity index (χ4v) is 2.25. The molecule has 1 unspecified atom stereocenters. The van der Waals surface area contributed by atoms with E-state index >= 15 is 0 Å². The van der Waals surface area contributed by atoms with Crippen LogP contribution in [0.4, 0.5) is 0 Å². The number of hydrogen-bond donors (Lipinski definition) is 0. The van der Waals surface area contributed by atoms with Gasteiger partial charge in [-0.3, -0.25) is 0 Å². The van der Waals surface area contributed by atoms with E-state index < -0.39 is 0 Å². The molecule has 0 saturated carbocycles. The fourth-order valence-electron chi connectivity index (χ4n) is 2.25. The van der Waals surface area contributed by atoms with Gasteiger partial charge >= 0.3 is 0 Å². The highest BCUT2D eigenvalue weighted by atomic mass is 16.7. The minimum atomic E-state index is 0.355. The van der Waals surface area contributed by atoms with Gasteiger partial charge in [0.05, 0.1) is 26.7 Å². The second-order valence-corrected chi connectivity index (χ2v) is 4.23. The maximum Gasteiger partial charge on any atom is 0.147 e. The second kappa shape index (κ2) is 3.32. The maximum absolute atomic E-state index is 5.44. The van der Waals surface area contributed by atoms with Crippen molar-refractivity contribution in [1.82, 2.24) is 0 Å². The van der Waals surface area contributed by atoms with Crippen molar-refractivity contribution in [3.05, 3.63) is 0 Å². The molecular weight excluding hydrogens is 154 g/mol. The van der Waals surface area contributed by atoms with Crippen molar-refractivity contribution in [2.24, 2.45) is 0 Å². The third-order valence-corrected chi connectivity index (χ3v) is 2.98. The third-order valence-electron chi connectivity index (χ3n) is 2.98. The highest BCUT2D eigenvalue weighted by Crippen LogP contribution is 2.18. The Bertz CT molecular complexity index is 149. The molecule has 3 nitrogen and oxygen atoms in total. The van der Waals surface area contributed by atoms with Gasteiger partial charge in [0.25, 0.3) is 0 Å². The molecule has 0 aromatic heterocycles. The second-order valence-electron chi connectivity index (χ2n) is 4.23. The molecular formula is C9H18NO2+. The number of quaternary nitrogens is 1. The van der Waals surface area contributed by atoms with Crippen molar-refractivity contribution in [3.63, 3.8) is 0 Å². The number of rotatable bonds is 2. The quantitative estimate of drug-likeness (QED) is 0.568. The molecule has 2 heterocycles. The normalized spacial score (nSPS) is 34.2. The van der Waals surface area contributed by atoms with Gasteiger partial charge in [-0.2, -0.15) is 0 Å². The van der Waals surface area contributed by atoms with Gasteiger partial charge in [0.2, 0.25) is 0 Å². The number of likely N-dealkylation sites (tertiary alicyclic amines) is 1. The van der Waals surface area contributed by atoms with Crippen molar-refractivity contribution >= 4 is 0 Å². The monoisotopic (exact) mass is 172 g/mol. The molecule has 3 heteroatoms. The van der Waals surface area contributed by atoms with Crippen LogP contribution < -0.4 is 0 Å². The van der Waals surface area contributed by atoms with Crippen LogP contribution >= 0.6 is 0 Å². The van der Waals surface area contributed by atoms with Crippen LogP contribution in [0, 0.1) is 0 Å². The molecule has 1 atom stereocenters. The van der Waals surface area contributed by atoms with Crippen molar-refractivity contribution in [3.8, 4) is 0 Å². The molecule has 0 N–H and O–H groups in total. The average Bonchev–Trinajstić information content (AvgIpc) is 2.62. The summed E-state index contributed by atoms with van der Waals surface area (Å²) in [5.41, 5.74) is 0. The number of ether oxygens (including phenoxy) is 2. The van der Waals surface area contributed by atoms with E-state index in [0.717, 1.165) is 13.2 Å². The van der Waals surface area contributed by atoms with Crippen LogP contribution in [-0.4, -0.2) is 50.7 Å². The lowest BCUT2D eigenvalue weighted by Gasteiger charge is -2.30. The molecule has 2 aliphatic heterocycles. The molecule has 2 saturated heterocycles. The fraction of sp³-hybridized carbons (Fsp3) is 1.00. The molecule has 2 fully saturated rings. The Morgan fingerprint density at radius 3 is 2.67 bits per heavy atom. The summed E-state index contributed by atoms with van der Waals surface area (Å²) >= 11 is 0. The standard InChI is InChI=1S/C9H18NO2/c1-10(4-2-3-5-10)6-9-7-11-8-12-9/h9H,2-8H2,1H3/q+1. The van der Waals surface area contributed by atoms with Crippen molar-refractivity contribution in [2.45, 2.75) is 18.9 Å². The van der Waals surface area contributed by atoms with Crippen LogP contribution in [0.15, 0.2) is 0 Å². The zero-order valence-electron chi connectivity index (χ0n) is 7.79. The van der Waals surface area contributed by atoms with E-state index in [4.69, 9.17) is 9.47 Å². The van der Waals surface area contributed by atoms with Gasteiger partial charge in [-0.1, -0.05) is 0 Å². The van der Waals surface area contributed by atoms with Gasteiger partial charge in [-0.15, -0.1) is 0 Å². The lowest BCUT2D eigenvalue weighted by molar-refractivity contribution is -0.900. The Labute approximate surface area is 73.8 Å². The highest BCUT2D eigenvalue weighted by Gasteiger charge is 2.32. The zero-order valence-corrected chi connectivity index (χ0v) is 7.79. The smallest absolute Gasteiger partial charge is 0.147 e. The van der Waals surface area contributed by atoms with E-state index in [1.807, 2.05) is 0 Å². The molecule has 2 rings (SSSR count). The molecule has 0 bridgehead atoms. The minimum Gasteiger partial charge on any atom is -0.352 e. The maximum atomic E-state index is 5.44. The molecule has 70 valence electrons. The average molecular weight is 172 g/mol. The lowest BCUT2D eigenvalue weighted by Crippen LogP contribution is -2.46. The van der Waals surface area contributed by atoms with Crippen molar-refractivity contribution in [2.75, 3.05) is 40.1 Å². The summed E-state index contributed by atoms with van der Waals surface area (Å²) in [6, 6.07) is 0. The van der Waals surface area contributed by atoms with E-state index in [9.17, 15) is 0 Å². The molecule has 0 aliphatic carbocycles. The largest absolute Gasteiger partial charge is 0.352 e. The van der Waals surface area contributed by atoms with Crippen molar-refractivity contribution in [1.29, 1.82) is 0 Å². The van der Waals surface area contributed by atoms with Gasteiger partial charge in [-0.25, -0.2) is 0 Å². The van der Waals surface area contributed by atoms with Crippen LogP contribution in [0.5, 0.6) is 0 Å². The van der Waals surface area contributed by atoms with Crippen LogP contribution in [0.1, 0.15) is 12.8 Å². The van der Waals surface area contributed by atoms with Gasteiger partial charge in [-0.05, 0) is 0 Å².